The molecule has 7 heteroatoms. The van der Waals surface area contributed by atoms with E-state index < -0.39 is 0 Å². The fourth-order valence-electron chi connectivity index (χ4n) is 4.46. The van der Waals surface area contributed by atoms with Crippen LogP contribution >= 0.6 is 0 Å². The summed E-state index contributed by atoms with van der Waals surface area (Å²) in [5.41, 5.74) is 1.95. The topological polar surface area (TPSA) is 76.9 Å². The Morgan fingerprint density at radius 1 is 1.07 bits per heavy atom. The lowest BCUT2D eigenvalue weighted by Crippen LogP contribution is -2.11. The van der Waals surface area contributed by atoms with E-state index in [4.69, 9.17) is 4.74 Å². The van der Waals surface area contributed by atoms with Gasteiger partial charge < -0.3 is 19.9 Å². The average molecular weight is 403 g/mol. The molecule has 1 fully saturated rings. The van der Waals surface area contributed by atoms with Crippen molar-refractivity contribution in [2.24, 2.45) is 5.92 Å². The molecule has 0 aliphatic heterocycles. The molecule has 0 saturated heterocycles. The summed E-state index contributed by atoms with van der Waals surface area (Å²) >= 11 is 0. The van der Waals surface area contributed by atoms with E-state index >= 15 is 0 Å². The molecule has 0 bridgehead atoms. The molecule has 2 N–H and O–H groups in total. The van der Waals surface area contributed by atoms with Crippen molar-refractivity contribution in [3.8, 4) is 5.75 Å². The third kappa shape index (κ3) is 3.40. The Morgan fingerprint density at radius 3 is 2.83 bits per heavy atom. The van der Waals surface area contributed by atoms with E-state index in [1.54, 1.807) is 6.33 Å². The number of ether oxygens (including phenoxy) is 1. The highest BCUT2D eigenvalue weighted by atomic mass is 16.5. The summed E-state index contributed by atoms with van der Waals surface area (Å²) in [4.78, 5) is 13.4. The number of pyridine rings is 1. The van der Waals surface area contributed by atoms with Gasteiger partial charge in [0.25, 0.3) is 0 Å². The Kier molecular flexibility index (Phi) is 4.86. The van der Waals surface area contributed by atoms with Crippen molar-refractivity contribution >= 4 is 33.6 Å². The third-order valence-corrected chi connectivity index (χ3v) is 6.06. The fourth-order valence-corrected chi connectivity index (χ4v) is 4.46. The second kappa shape index (κ2) is 7.82. The summed E-state index contributed by atoms with van der Waals surface area (Å²) in [6.07, 6.45) is 7.17. The molecule has 1 aliphatic rings. The predicted octanol–water partition coefficient (Wildman–Crippen LogP) is 4.48. The molecule has 2 unspecified atom stereocenters. The Hall–Kier alpha value is -3.35. The molecule has 1 aliphatic carbocycles. The minimum atomic E-state index is 0.451. The summed E-state index contributed by atoms with van der Waals surface area (Å²) in [5, 5.41) is 8.42. The van der Waals surface area contributed by atoms with E-state index in [0.29, 0.717) is 12.0 Å². The zero-order valence-electron chi connectivity index (χ0n) is 17.3. The van der Waals surface area contributed by atoms with E-state index in [9.17, 15) is 0 Å². The standard InChI is InChI=1S/C23H26N6O/c1-24-21-8-5-16-4-7-18(12-20(16)28-21)30-13-15-3-6-17(11-15)29-10-9-19-22(25-2)26-14-27-23(19)29/h4-5,7-10,12,14-15,17H,3,6,11,13H2,1-2H3,(H,24,28)(H,25,26,27). The zero-order valence-corrected chi connectivity index (χ0v) is 17.3. The number of benzene rings is 1. The van der Waals surface area contributed by atoms with Crippen molar-refractivity contribution in [1.29, 1.82) is 0 Å². The van der Waals surface area contributed by atoms with Crippen LogP contribution in [-0.4, -0.2) is 40.2 Å². The Balaban J connectivity index is 1.26. The number of anilines is 2. The van der Waals surface area contributed by atoms with Crippen LogP contribution in [0.4, 0.5) is 11.6 Å². The number of fused-ring (bicyclic) bond motifs is 2. The van der Waals surface area contributed by atoms with Gasteiger partial charge in [0.2, 0.25) is 0 Å². The van der Waals surface area contributed by atoms with Crippen LogP contribution in [0.2, 0.25) is 0 Å². The Labute approximate surface area is 175 Å². The van der Waals surface area contributed by atoms with Crippen LogP contribution < -0.4 is 15.4 Å². The molecule has 30 heavy (non-hydrogen) atoms. The summed E-state index contributed by atoms with van der Waals surface area (Å²) in [6.45, 7) is 0.726. The molecule has 3 heterocycles. The third-order valence-electron chi connectivity index (χ3n) is 6.06. The maximum atomic E-state index is 6.16. The molecule has 0 amide bonds. The van der Waals surface area contributed by atoms with Crippen molar-refractivity contribution in [2.75, 3.05) is 31.3 Å². The maximum absolute atomic E-state index is 6.16. The number of nitrogens with one attached hydrogen (secondary N) is 2. The Bertz CT molecular complexity index is 1190. The Morgan fingerprint density at radius 2 is 1.97 bits per heavy atom. The van der Waals surface area contributed by atoms with Gasteiger partial charge in [-0.3, -0.25) is 0 Å². The van der Waals surface area contributed by atoms with E-state index in [1.165, 1.54) is 0 Å². The maximum Gasteiger partial charge on any atom is 0.145 e. The molecular formula is C23H26N6O. The summed E-state index contributed by atoms with van der Waals surface area (Å²) in [7, 11) is 3.77. The first-order valence-electron chi connectivity index (χ1n) is 10.5. The normalized spacial score (nSPS) is 18.7. The van der Waals surface area contributed by atoms with Gasteiger partial charge >= 0.3 is 0 Å². The highest BCUT2D eigenvalue weighted by Crippen LogP contribution is 2.37. The molecule has 0 spiro atoms. The fraction of sp³-hybridized carbons (Fsp3) is 0.348. The van der Waals surface area contributed by atoms with Crippen LogP contribution in [-0.2, 0) is 0 Å². The largest absolute Gasteiger partial charge is 0.493 e. The van der Waals surface area contributed by atoms with Crippen LogP contribution in [0, 0.1) is 5.92 Å². The number of hydrogen-bond donors (Lipinski definition) is 2. The number of aromatic nitrogens is 4. The lowest BCUT2D eigenvalue weighted by Gasteiger charge is -2.15. The van der Waals surface area contributed by atoms with Crippen LogP contribution in [0.15, 0.2) is 48.9 Å². The van der Waals surface area contributed by atoms with Crippen LogP contribution in [0.5, 0.6) is 5.75 Å². The van der Waals surface area contributed by atoms with Crippen LogP contribution in [0.25, 0.3) is 21.9 Å². The summed E-state index contributed by atoms with van der Waals surface area (Å²) in [6, 6.07) is 12.7. The minimum Gasteiger partial charge on any atom is -0.493 e. The molecule has 7 nitrogen and oxygen atoms in total. The van der Waals surface area contributed by atoms with Gasteiger partial charge in [-0.05, 0) is 55.5 Å². The smallest absolute Gasteiger partial charge is 0.145 e. The average Bonchev–Trinajstić information content (AvgIpc) is 3.43. The van der Waals surface area contributed by atoms with Crippen LogP contribution in [0.1, 0.15) is 25.3 Å². The van der Waals surface area contributed by atoms with E-state index in [-0.39, 0.29) is 0 Å². The first-order valence-corrected chi connectivity index (χ1v) is 10.5. The monoisotopic (exact) mass is 402 g/mol. The highest BCUT2D eigenvalue weighted by Gasteiger charge is 2.27. The lowest BCUT2D eigenvalue weighted by atomic mass is 10.1. The van der Waals surface area contributed by atoms with Crippen molar-refractivity contribution in [1.82, 2.24) is 19.5 Å². The molecule has 1 aromatic carbocycles. The molecule has 154 valence electrons. The predicted molar refractivity (Wildman–Crippen MR) is 120 cm³/mol. The molecule has 5 rings (SSSR count). The van der Waals surface area contributed by atoms with Crippen molar-refractivity contribution < 1.29 is 4.74 Å². The van der Waals surface area contributed by atoms with Gasteiger partial charge in [-0.1, -0.05) is 0 Å². The quantitative estimate of drug-likeness (QED) is 0.495. The van der Waals surface area contributed by atoms with Gasteiger partial charge in [-0.2, -0.15) is 0 Å². The number of nitrogens with zero attached hydrogens (tertiary/aromatic N) is 4. The van der Waals surface area contributed by atoms with E-state index in [0.717, 1.165) is 65.2 Å². The van der Waals surface area contributed by atoms with Gasteiger partial charge in [0.15, 0.2) is 0 Å². The van der Waals surface area contributed by atoms with E-state index in [2.05, 4.69) is 54.5 Å². The first-order chi connectivity index (χ1) is 14.7. The summed E-state index contributed by atoms with van der Waals surface area (Å²) in [5.74, 6) is 3.15. The molecule has 4 aromatic rings. The van der Waals surface area contributed by atoms with Crippen molar-refractivity contribution in [3.05, 3.63) is 48.9 Å². The first kappa shape index (κ1) is 18.7. The van der Waals surface area contributed by atoms with Gasteiger partial charge in [0.1, 0.15) is 29.4 Å². The molecule has 1 saturated carbocycles. The highest BCUT2D eigenvalue weighted by molar-refractivity contribution is 5.87. The van der Waals surface area contributed by atoms with Crippen molar-refractivity contribution in [2.45, 2.75) is 25.3 Å². The minimum absolute atomic E-state index is 0.451. The second-order valence-corrected chi connectivity index (χ2v) is 7.88. The molecule has 2 atom stereocenters. The SMILES string of the molecule is CNc1ccc2ccc(OCC3CCC(n4ccc5c(NC)ncnc54)C3)cc2n1. The van der Waals surface area contributed by atoms with Gasteiger partial charge in [-0.25, -0.2) is 15.0 Å². The van der Waals surface area contributed by atoms with Crippen LogP contribution in [0.3, 0.4) is 0 Å². The molecule has 3 aromatic heterocycles. The van der Waals surface area contributed by atoms with Gasteiger partial charge in [0.05, 0.1) is 17.5 Å². The number of hydrogen-bond acceptors (Lipinski definition) is 6. The second-order valence-electron chi connectivity index (χ2n) is 7.88. The lowest BCUT2D eigenvalue weighted by molar-refractivity contribution is 0.248. The van der Waals surface area contributed by atoms with E-state index in [1.807, 2.05) is 32.3 Å². The van der Waals surface area contributed by atoms with Gasteiger partial charge in [0, 0.05) is 37.8 Å². The molecule has 0 radical (unpaired) electrons. The number of rotatable bonds is 6. The van der Waals surface area contributed by atoms with Gasteiger partial charge in [-0.15, -0.1) is 0 Å². The molecular weight excluding hydrogens is 376 g/mol. The van der Waals surface area contributed by atoms with Crippen molar-refractivity contribution in [3.63, 3.8) is 0 Å². The zero-order chi connectivity index (χ0) is 20.5. The summed E-state index contributed by atoms with van der Waals surface area (Å²) < 4.78 is 8.46.